The first-order chi connectivity index (χ1) is 26.2. The maximum atomic E-state index is 6.35. The molecular weight excluding hydrogens is 647 g/mol. The molecule has 0 radical (unpaired) electrons. The Morgan fingerprint density at radius 3 is 1.47 bits per heavy atom. The summed E-state index contributed by atoms with van der Waals surface area (Å²) >= 11 is 0. The van der Waals surface area contributed by atoms with Gasteiger partial charge in [0.15, 0.2) is 17.5 Å². The summed E-state index contributed by atoms with van der Waals surface area (Å²) in [7, 11) is 0. The van der Waals surface area contributed by atoms with E-state index in [-0.39, 0.29) is 0 Å². The number of rotatable bonds is 6. The standard InChI is InChI=1S/C49H31N3O/c1-4-12-33(13-5-1)40-28-26-39(31-42(40)34-14-6-2-7-15-34)49-51-47(36-16-8-3-9-17-36)50-48(52-49)37-24-22-32(23-25-37)38-27-29-44-43(30-38)41-20-10-18-35-19-11-21-45(53-44)46(35)41/h1-31H. The molecule has 0 saturated heterocycles. The van der Waals surface area contributed by atoms with E-state index in [9.17, 15) is 0 Å². The Morgan fingerprint density at radius 1 is 0.283 bits per heavy atom. The van der Waals surface area contributed by atoms with E-state index in [0.29, 0.717) is 17.5 Å². The van der Waals surface area contributed by atoms with Crippen LogP contribution in [0.4, 0.5) is 0 Å². The molecule has 9 aromatic rings. The Bertz CT molecular complexity index is 2780. The van der Waals surface area contributed by atoms with Crippen molar-refractivity contribution in [3.63, 3.8) is 0 Å². The molecule has 4 nitrogen and oxygen atoms in total. The highest BCUT2D eigenvalue weighted by atomic mass is 16.5. The third kappa shape index (κ3) is 5.63. The zero-order chi connectivity index (χ0) is 35.1. The second kappa shape index (κ2) is 12.9. The fraction of sp³-hybridized carbons (Fsp3) is 0. The van der Waals surface area contributed by atoms with E-state index in [1.165, 1.54) is 10.9 Å². The van der Waals surface area contributed by atoms with Crippen LogP contribution in [0.3, 0.4) is 0 Å². The van der Waals surface area contributed by atoms with Gasteiger partial charge in [-0.2, -0.15) is 0 Å². The van der Waals surface area contributed by atoms with Crippen molar-refractivity contribution >= 4 is 10.8 Å². The largest absolute Gasteiger partial charge is 0.456 e. The lowest BCUT2D eigenvalue weighted by Gasteiger charge is -2.22. The van der Waals surface area contributed by atoms with Gasteiger partial charge >= 0.3 is 0 Å². The van der Waals surface area contributed by atoms with E-state index >= 15 is 0 Å². The van der Waals surface area contributed by atoms with Crippen LogP contribution >= 0.6 is 0 Å². The molecule has 1 aliphatic heterocycles. The van der Waals surface area contributed by atoms with E-state index in [1.54, 1.807) is 0 Å². The van der Waals surface area contributed by atoms with Crippen LogP contribution in [-0.2, 0) is 0 Å². The van der Waals surface area contributed by atoms with Crippen molar-refractivity contribution in [2.75, 3.05) is 0 Å². The molecule has 0 aliphatic carbocycles. The predicted octanol–water partition coefficient (Wildman–Crippen LogP) is 12.8. The molecule has 0 spiro atoms. The van der Waals surface area contributed by atoms with Gasteiger partial charge in [-0.15, -0.1) is 0 Å². The Hall–Kier alpha value is -7.17. The van der Waals surface area contributed by atoms with Crippen molar-refractivity contribution in [3.05, 3.63) is 188 Å². The molecule has 0 fully saturated rings. The molecule has 2 heterocycles. The number of hydrogen-bond acceptors (Lipinski definition) is 4. The monoisotopic (exact) mass is 677 g/mol. The van der Waals surface area contributed by atoms with Crippen molar-refractivity contribution in [1.82, 2.24) is 15.0 Å². The molecule has 0 bridgehead atoms. The Labute approximate surface area is 307 Å². The van der Waals surface area contributed by atoms with E-state index in [2.05, 4.69) is 133 Å². The van der Waals surface area contributed by atoms with E-state index in [0.717, 1.165) is 72.5 Å². The van der Waals surface area contributed by atoms with Crippen LogP contribution in [0.2, 0.25) is 0 Å². The normalized spacial score (nSPS) is 11.5. The van der Waals surface area contributed by atoms with Crippen molar-refractivity contribution < 1.29 is 4.74 Å². The smallest absolute Gasteiger partial charge is 0.164 e. The summed E-state index contributed by atoms with van der Waals surface area (Å²) in [5.41, 5.74) is 11.9. The van der Waals surface area contributed by atoms with Crippen LogP contribution in [0, 0.1) is 0 Å². The van der Waals surface area contributed by atoms with Crippen molar-refractivity contribution in [2.45, 2.75) is 0 Å². The van der Waals surface area contributed by atoms with Crippen LogP contribution in [0.25, 0.3) is 89.4 Å². The molecule has 4 heteroatoms. The van der Waals surface area contributed by atoms with Crippen LogP contribution in [-0.4, -0.2) is 15.0 Å². The van der Waals surface area contributed by atoms with Crippen LogP contribution in [0.15, 0.2) is 188 Å². The van der Waals surface area contributed by atoms with Gasteiger partial charge in [0.1, 0.15) is 11.5 Å². The summed E-state index contributed by atoms with van der Waals surface area (Å²) in [4.78, 5) is 15.2. The molecule has 8 aromatic carbocycles. The minimum atomic E-state index is 0.621. The summed E-state index contributed by atoms with van der Waals surface area (Å²) in [5, 5.41) is 2.33. The van der Waals surface area contributed by atoms with Crippen LogP contribution < -0.4 is 4.74 Å². The molecule has 0 amide bonds. The average Bonchev–Trinajstić information content (AvgIpc) is 3.24. The van der Waals surface area contributed by atoms with E-state index in [4.69, 9.17) is 19.7 Å². The second-order valence-electron chi connectivity index (χ2n) is 13.2. The lowest BCUT2D eigenvalue weighted by Crippen LogP contribution is -2.00. The zero-order valence-corrected chi connectivity index (χ0v) is 28.6. The molecule has 53 heavy (non-hydrogen) atoms. The lowest BCUT2D eigenvalue weighted by molar-refractivity contribution is 0.487. The highest BCUT2D eigenvalue weighted by Gasteiger charge is 2.21. The molecule has 1 aliphatic rings. The minimum absolute atomic E-state index is 0.621. The molecule has 0 saturated carbocycles. The maximum Gasteiger partial charge on any atom is 0.164 e. The van der Waals surface area contributed by atoms with Gasteiger partial charge in [0.25, 0.3) is 0 Å². The lowest BCUT2D eigenvalue weighted by atomic mass is 9.92. The van der Waals surface area contributed by atoms with Gasteiger partial charge in [0.05, 0.1) is 0 Å². The molecule has 0 N–H and O–H groups in total. The number of hydrogen-bond donors (Lipinski definition) is 0. The molecule has 248 valence electrons. The fourth-order valence-electron chi connectivity index (χ4n) is 7.32. The molecule has 0 atom stereocenters. The molecular formula is C49H31N3O. The average molecular weight is 678 g/mol. The Balaban J connectivity index is 1.06. The molecule has 0 unspecified atom stereocenters. The highest BCUT2D eigenvalue weighted by molar-refractivity contribution is 6.04. The van der Waals surface area contributed by atoms with Crippen LogP contribution in [0.5, 0.6) is 11.5 Å². The third-order valence-corrected chi connectivity index (χ3v) is 9.95. The number of benzene rings is 8. The molecule has 1 aromatic heterocycles. The SMILES string of the molecule is c1ccc(-c2nc(-c3ccc(-c4ccc5c(c4)-c4cccc6cccc(c46)O5)cc3)nc(-c3ccc(-c4ccccc4)c(-c4ccccc4)c3)n2)cc1. The zero-order valence-electron chi connectivity index (χ0n) is 28.6. The van der Waals surface area contributed by atoms with Gasteiger partial charge in [0, 0.05) is 27.6 Å². The maximum absolute atomic E-state index is 6.35. The van der Waals surface area contributed by atoms with Gasteiger partial charge in [-0.1, -0.05) is 164 Å². The van der Waals surface area contributed by atoms with Gasteiger partial charge in [-0.05, 0) is 68.6 Å². The first-order valence-corrected chi connectivity index (χ1v) is 17.8. The first kappa shape index (κ1) is 30.6. The second-order valence-corrected chi connectivity index (χ2v) is 13.2. The third-order valence-electron chi connectivity index (χ3n) is 9.95. The van der Waals surface area contributed by atoms with Crippen molar-refractivity contribution in [3.8, 4) is 90.2 Å². The number of nitrogens with zero attached hydrogens (tertiary/aromatic N) is 3. The minimum Gasteiger partial charge on any atom is -0.456 e. The van der Waals surface area contributed by atoms with Gasteiger partial charge in [-0.3, -0.25) is 0 Å². The van der Waals surface area contributed by atoms with E-state index < -0.39 is 0 Å². The summed E-state index contributed by atoms with van der Waals surface area (Å²) < 4.78 is 6.35. The summed E-state index contributed by atoms with van der Waals surface area (Å²) in [6.45, 7) is 0. The van der Waals surface area contributed by atoms with Gasteiger partial charge in [-0.25, -0.2) is 15.0 Å². The first-order valence-electron chi connectivity index (χ1n) is 17.8. The quantitative estimate of drug-likeness (QED) is 0.176. The summed E-state index contributed by atoms with van der Waals surface area (Å²) in [6, 6.07) is 65.2. The van der Waals surface area contributed by atoms with Crippen LogP contribution in [0.1, 0.15) is 0 Å². The number of ether oxygens (including phenoxy) is 1. The Kier molecular flexibility index (Phi) is 7.43. The summed E-state index contributed by atoms with van der Waals surface area (Å²) in [6.07, 6.45) is 0. The molecule has 10 rings (SSSR count). The predicted molar refractivity (Wildman–Crippen MR) is 215 cm³/mol. The topological polar surface area (TPSA) is 47.9 Å². The van der Waals surface area contributed by atoms with Crippen molar-refractivity contribution in [1.29, 1.82) is 0 Å². The fourth-order valence-corrected chi connectivity index (χ4v) is 7.32. The van der Waals surface area contributed by atoms with Gasteiger partial charge in [0.2, 0.25) is 0 Å². The summed E-state index contributed by atoms with van der Waals surface area (Å²) in [5.74, 6) is 3.65. The van der Waals surface area contributed by atoms with Gasteiger partial charge < -0.3 is 4.74 Å². The highest BCUT2D eigenvalue weighted by Crippen LogP contribution is 2.47. The van der Waals surface area contributed by atoms with E-state index in [1.807, 2.05) is 54.6 Å². The number of aromatic nitrogens is 3. The number of fused-ring (bicyclic) bond motifs is 2. The Morgan fingerprint density at radius 2 is 0.792 bits per heavy atom. The van der Waals surface area contributed by atoms with Crippen molar-refractivity contribution in [2.24, 2.45) is 0 Å².